The molecule has 2 aromatic carbocycles. The van der Waals surface area contributed by atoms with Crippen LogP contribution in [0.4, 0.5) is 18.0 Å². The first-order valence-electron chi connectivity index (χ1n) is 9.21. The summed E-state index contributed by atoms with van der Waals surface area (Å²) in [6.07, 6.45) is -5.30. The highest BCUT2D eigenvalue weighted by atomic mass is 35.5. The van der Waals surface area contributed by atoms with Crippen LogP contribution >= 0.6 is 11.6 Å². The Hall–Kier alpha value is -2.58. The van der Waals surface area contributed by atoms with Crippen molar-refractivity contribution in [2.45, 2.75) is 37.7 Å². The van der Waals surface area contributed by atoms with Gasteiger partial charge in [0.1, 0.15) is 5.92 Å². The largest absolute Gasteiger partial charge is 0.437 e. The Morgan fingerprint density at radius 3 is 2.17 bits per heavy atom. The second-order valence-corrected chi connectivity index (χ2v) is 7.95. The summed E-state index contributed by atoms with van der Waals surface area (Å²) in [6.45, 7) is 3.91. The number of ketones is 1. The highest BCUT2D eigenvalue weighted by molar-refractivity contribution is 6.30. The molecule has 0 saturated carbocycles. The van der Waals surface area contributed by atoms with Gasteiger partial charge in [-0.2, -0.15) is 13.2 Å². The summed E-state index contributed by atoms with van der Waals surface area (Å²) in [5.41, 5.74) is -2.63. The Morgan fingerprint density at radius 1 is 1.10 bits per heavy atom. The van der Waals surface area contributed by atoms with Crippen molar-refractivity contribution in [1.29, 1.82) is 0 Å². The third-order valence-electron chi connectivity index (χ3n) is 5.18. The van der Waals surface area contributed by atoms with Crippen molar-refractivity contribution in [3.05, 3.63) is 70.2 Å². The number of carbonyl (C=O) groups is 2. The lowest BCUT2D eigenvalue weighted by Crippen LogP contribution is -2.72. The highest BCUT2D eigenvalue weighted by Gasteiger charge is 2.66. The standard InChI is InChI=1S/C21H20ClF3N2O3/c1-11(2)12-3-5-13(6-4-12)17-16(18(28)14-7-9-15(22)10-8-14)20(30,21(23,24)25)27-19(29)26-17/h3-11,16-17,30H,1-2H3,(H2,26,27,29)/t16-,17-,20+/m1/s1. The van der Waals surface area contributed by atoms with E-state index in [0.29, 0.717) is 5.02 Å². The molecule has 1 saturated heterocycles. The van der Waals surface area contributed by atoms with E-state index < -0.39 is 35.7 Å². The normalized spacial score (nSPS) is 24.3. The van der Waals surface area contributed by atoms with Gasteiger partial charge in [-0.1, -0.05) is 49.7 Å². The summed E-state index contributed by atoms with van der Waals surface area (Å²) >= 11 is 5.80. The SMILES string of the molecule is CC(C)c1ccc([C@H]2NC(=O)N[C@@](O)(C(F)(F)F)[C@H]2C(=O)c2ccc(Cl)cc2)cc1. The number of urea groups is 1. The molecule has 0 spiro atoms. The van der Waals surface area contributed by atoms with Crippen molar-refractivity contribution in [2.24, 2.45) is 5.92 Å². The maximum Gasteiger partial charge on any atom is 0.437 e. The molecule has 3 N–H and O–H groups in total. The predicted octanol–water partition coefficient (Wildman–Crippen LogP) is 4.57. The number of halogens is 4. The number of rotatable bonds is 4. The number of Topliss-reactive ketones (excluding diaryl/α,β-unsaturated/α-hetero) is 1. The van der Waals surface area contributed by atoms with Gasteiger partial charge in [-0.15, -0.1) is 0 Å². The summed E-state index contributed by atoms with van der Waals surface area (Å²) in [5, 5.41) is 14.7. The second-order valence-electron chi connectivity index (χ2n) is 7.51. The number of benzene rings is 2. The Bertz CT molecular complexity index is 945. The molecular formula is C21H20ClF3N2O3. The second kappa shape index (κ2) is 7.92. The van der Waals surface area contributed by atoms with Crippen LogP contribution in [0.2, 0.25) is 5.02 Å². The van der Waals surface area contributed by atoms with Crippen molar-refractivity contribution < 1.29 is 27.9 Å². The summed E-state index contributed by atoms with van der Waals surface area (Å²) in [6, 6.07) is 9.16. The molecule has 5 nitrogen and oxygen atoms in total. The summed E-state index contributed by atoms with van der Waals surface area (Å²) in [7, 11) is 0. The van der Waals surface area contributed by atoms with Gasteiger partial charge in [0, 0.05) is 10.6 Å². The van der Waals surface area contributed by atoms with E-state index in [4.69, 9.17) is 11.6 Å². The van der Waals surface area contributed by atoms with Crippen LogP contribution in [0.25, 0.3) is 0 Å². The molecule has 0 aromatic heterocycles. The molecule has 3 rings (SSSR count). The first-order valence-corrected chi connectivity index (χ1v) is 9.59. The first kappa shape index (κ1) is 22.1. The van der Waals surface area contributed by atoms with Crippen molar-refractivity contribution in [1.82, 2.24) is 10.6 Å². The molecule has 3 atom stereocenters. The summed E-state index contributed by atoms with van der Waals surface area (Å²) in [5.74, 6) is -2.88. The maximum absolute atomic E-state index is 13.9. The Morgan fingerprint density at radius 2 is 1.67 bits per heavy atom. The maximum atomic E-state index is 13.9. The lowest BCUT2D eigenvalue weighted by Gasteiger charge is -2.45. The number of hydrogen-bond donors (Lipinski definition) is 3. The molecule has 2 aromatic rings. The number of alkyl halides is 3. The lowest BCUT2D eigenvalue weighted by molar-refractivity contribution is -0.287. The molecule has 9 heteroatoms. The van der Waals surface area contributed by atoms with Crippen LogP contribution in [0.5, 0.6) is 0 Å². The van der Waals surface area contributed by atoms with E-state index in [0.717, 1.165) is 5.56 Å². The number of nitrogens with one attached hydrogen (secondary N) is 2. The molecule has 1 aliphatic heterocycles. The minimum Gasteiger partial charge on any atom is -0.363 e. The number of aliphatic hydroxyl groups is 1. The van der Waals surface area contributed by atoms with E-state index in [2.05, 4.69) is 5.32 Å². The molecule has 30 heavy (non-hydrogen) atoms. The monoisotopic (exact) mass is 440 g/mol. The van der Waals surface area contributed by atoms with Gasteiger partial charge < -0.3 is 15.7 Å². The van der Waals surface area contributed by atoms with Crippen LogP contribution < -0.4 is 10.6 Å². The Labute approximate surface area is 176 Å². The van der Waals surface area contributed by atoms with Crippen LogP contribution in [0.3, 0.4) is 0 Å². The zero-order valence-corrected chi connectivity index (χ0v) is 16.9. The molecule has 0 aliphatic carbocycles. The predicted molar refractivity (Wildman–Crippen MR) is 105 cm³/mol. The fraction of sp³-hybridized carbons (Fsp3) is 0.333. The zero-order valence-electron chi connectivity index (χ0n) is 16.1. The Kier molecular flexibility index (Phi) is 5.84. The number of amides is 2. The van der Waals surface area contributed by atoms with E-state index in [1.165, 1.54) is 29.6 Å². The molecule has 1 fully saturated rings. The fourth-order valence-electron chi connectivity index (χ4n) is 3.50. The molecule has 1 heterocycles. The van der Waals surface area contributed by atoms with Gasteiger partial charge in [0.05, 0.1) is 6.04 Å². The van der Waals surface area contributed by atoms with Crippen LogP contribution in [0.1, 0.15) is 47.3 Å². The van der Waals surface area contributed by atoms with E-state index in [-0.39, 0.29) is 17.0 Å². The summed E-state index contributed by atoms with van der Waals surface area (Å²) in [4.78, 5) is 25.2. The molecule has 1 aliphatic rings. The van der Waals surface area contributed by atoms with Crippen molar-refractivity contribution in [3.63, 3.8) is 0 Å². The number of hydrogen-bond acceptors (Lipinski definition) is 3. The van der Waals surface area contributed by atoms with Crippen LogP contribution in [-0.2, 0) is 0 Å². The third-order valence-corrected chi connectivity index (χ3v) is 5.43. The number of carbonyl (C=O) groups excluding carboxylic acids is 2. The topological polar surface area (TPSA) is 78.4 Å². The minimum atomic E-state index is -5.30. The van der Waals surface area contributed by atoms with Gasteiger partial charge in [-0.25, -0.2) is 4.79 Å². The van der Waals surface area contributed by atoms with E-state index in [1.807, 2.05) is 13.8 Å². The zero-order chi connectivity index (χ0) is 22.3. The van der Waals surface area contributed by atoms with E-state index in [9.17, 15) is 27.9 Å². The quantitative estimate of drug-likeness (QED) is 0.609. The molecular weight excluding hydrogens is 421 g/mol. The first-order chi connectivity index (χ1) is 13.9. The fourth-order valence-corrected chi connectivity index (χ4v) is 3.62. The average molecular weight is 441 g/mol. The van der Waals surface area contributed by atoms with Gasteiger partial charge >= 0.3 is 12.2 Å². The van der Waals surface area contributed by atoms with Gasteiger partial charge in [-0.3, -0.25) is 4.79 Å². The molecule has 160 valence electrons. The van der Waals surface area contributed by atoms with E-state index >= 15 is 0 Å². The third kappa shape index (κ3) is 4.02. The molecule has 0 bridgehead atoms. The van der Waals surface area contributed by atoms with Crippen molar-refractivity contribution in [2.75, 3.05) is 0 Å². The van der Waals surface area contributed by atoms with E-state index in [1.54, 1.807) is 24.3 Å². The van der Waals surface area contributed by atoms with Crippen molar-refractivity contribution >= 4 is 23.4 Å². The minimum absolute atomic E-state index is 0.0752. The highest BCUT2D eigenvalue weighted by Crippen LogP contribution is 2.44. The van der Waals surface area contributed by atoms with Gasteiger partial charge in [-0.05, 0) is 41.3 Å². The molecule has 2 amide bonds. The van der Waals surface area contributed by atoms with Gasteiger partial charge in [0.2, 0.25) is 5.72 Å². The van der Waals surface area contributed by atoms with Crippen LogP contribution in [0, 0.1) is 5.92 Å². The lowest BCUT2D eigenvalue weighted by atomic mass is 9.77. The summed E-state index contributed by atoms with van der Waals surface area (Å²) < 4.78 is 41.6. The van der Waals surface area contributed by atoms with Gasteiger partial charge in [0.25, 0.3) is 0 Å². The molecule has 0 radical (unpaired) electrons. The average Bonchev–Trinajstić information content (AvgIpc) is 2.66. The van der Waals surface area contributed by atoms with Crippen LogP contribution in [-0.4, -0.2) is 28.8 Å². The van der Waals surface area contributed by atoms with Crippen LogP contribution in [0.15, 0.2) is 48.5 Å². The van der Waals surface area contributed by atoms with Gasteiger partial charge in [0.15, 0.2) is 5.78 Å². The Balaban J connectivity index is 2.13. The molecule has 0 unspecified atom stereocenters. The smallest absolute Gasteiger partial charge is 0.363 e. The van der Waals surface area contributed by atoms with Crippen molar-refractivity contribution in [3.8, 4) is 0 Å².